The van der Waals surface area contributed by atoms with Gasteiger partial charge in [0.25, 0.3) is 0 Å². The Hall–Kier alpha value is -0.500. The molecular weight excluding hydrogens is 116 g/mol. The second-order valence-electron chi connectivity index (χ2n) is 2.53. The molecule has 1 atom stereocenters. The predicted octanol–water partition coefficient (Wildman–Crippen LogP) is 1.22. The number of aliphatic hydroxyl groups excluding tert-OH is 2. The van der Waals surface area contributed by atoms with Crippen LogP contribution in [0.2, 0.25) is 0 Å². The van der Waals surface area contributed by atoms with Crippen molar-refractivity contribution in [1.29, 1.82) is 0 Å². The van der Waals surface area contributed by atoms with E-state index in [9.17, 15) is 0 Å². The molecule has 0 amide bonds. The van der Waals surface area contributed by atoms with Crippen molar-refractivity contribution >= 4 is 0 Å². The third-order valence-corrected chi connectivity index (χ3v) is 1.71. The van der Waals surface area contributed by atoms with Crippen LogP contribution in [0, 0.1) is 5.92 Å². The second-order valence-corrected chi connectivity index (χ2v) is 2.53. The maximum atomic E-state index is 8.96. The summed E-state index contributed by atoms with van der Waals surface area (Å²) in [5, 5.41) is 17.6. The molecule has 1 aliphatic carbocycles. The lowest BCUT2D eigenvalue weighted by molar-refractivity contribution is 0.196. The van der Waals surface area contributed by atoms with E-state index in [2.05, 4.69) is 0 Å². The third kappa shape index (κ3) is 1.72. The van der Waals surface area contributed by atoms with Gasteiger partial charge in [-0.05, 0) is 24.8 Å². The molecule has 52 valence electrons. The number of hydrogen-bond donors (Lipinski definition) is 2. The van der Waals surface area contributed by atoms with Gasteiger partial charge in [-0.2, -0.15) is 0 Å². The summed E-state index contributed by atoms with van der Waals surface area (Å²) >= 11 is 0. The van der Waals surface area contributed by atoms with Crippen LogP contribution in [0.1, 0.15) is 19.3 Å². The summed E-state index contributed by atoms with van der Waals surface area (Å²) in [5.41, 5.74) is 0. The Bertz CT molecular complexity index is 118. The number of allylic oxidation sites excluding steroid dienone is 2. The molecule has 0 aromatic rings. The van der Waals surface area contributed by atoms with E-state index in [1.807, 2.05) is 6.08 Å². The largest absolute Gasteiger partial charge is 0.513 e. The van der Waals surface area contributed by atoms with Crippen molar-refractivity contribution in [2.45, 2.75) is 19.3 Å². The molecule has 0 saturated heterocycles. The van der Waals surface area contributed by atoms with Crippen LogP contribution >= 0.6 is 0 Å². The highest BCUT2D eigenvalue weighted by atomic mass is 16.3. The van der Waals surface area contributed by atoms with Crippen LogP contribution in [0.15, 0.2) is 11.8 Å². The lowest BCUT2D eigenvalue weighted by Gasteiger charge is -2.16. The average Bonchev–Trinajstić information content (AvgIpc) is 1.88. The van der Waals surface area contributed by atoms with Gasteiger partial charge in [0, 0.05) is 13.0 Å². The number of hydrogen-bond acceptors (Lipinski definition) is 2. The van der Waals surface area contributed by atoms with E-state index in [4.69, 9.17) is 10.2 Å². The zero-order valence-electron chi connectivity index (χ0n) is 5.38. The highest BCUT2D eigenvalue weighted by Crippen LogP contribution is 2.21. The van der Waals surface area contributed by atoms with Gasteiger partial charge >= 0.3 is 0 Å². The van der Waals surface area contributed by atoms with Gasteiger partial charge in [0.15, 0.2) is 0 Å². The van der Waals surface area contributed by atoms with E-state index in [1.54, 1.807) is 0 Å². The molecule has 1 unspecified atom stereocenters. The van der Waals surface area contributed by atoms with Gasteiger partial charge in [-0.3, -0.25) is 0 Å². The smallest absolute Gasteiger partial charge is 0.0886 e. The van der Waals surface area contributed by atoms with Gasteiger partial charge in [-0.15, -0.1) is 0 Å². The third-order valence-electron chi connectivity index (χ3n) is 1.71. The van der Waals surface area contributed by atoms with Crippen molar-refractivity contribution < 1.29 is 10.2 Å². The average molecular weight is 128 g/mol. The fourth-order valence-corrected chi connectivity index (χ4v) is 1.12. The van der Waals surface area contributed by atoms with E-state index in [1.165, 1.54) is 0 Å². The summed E-state index contributed by atoms with van der Waals surface area (Å²) < 4.78 is 0. The summed E-state index contributed by atoms with van der Waals surface area (Å²) in [6.07, 6.45) is 4.42. The highest BCUT2D eigenvalue weighted by molar-refractivity contribution is 4.97. The minimum atomic E-state index is 0.206. The molecule has 0 aliphatic heterocycles. The Kier molecular flexibility index (Phi) is 2.11. The SMILES string of the molecule is OCC1CCC=C(O)C1. The summed E-state index contributed by atoms with van der Waals surface area (Å²) in [6, 6.07) is 0. The van der Waals surface area contributed by atoms with Gasteiger partial charge in [0.2, 0.25) is 0 Å². The van der Waals surface area contributed by atoms with Gasteiger partial charge in [0.05, 0.1) is 5.76 Å². The minimum Gasteiger partial charge on any atom is -0.513 e. The molecule has 0 radical (unpaired) electrons. The predicted molar refractivity (Wildman–Crippen MR) is 35.1 cm³/mol. The monoisotopic (exact) mass is 128 g/mol. The van der Waals surface area contributed by atoms with E-state index >= 15 is 0 Å². The van der Waals surface area contributed by atoms with Crippen LogP contribution in [0.4, 0.5) is 0 Å². The summed E-state index contributed by atoms with van der Waals surface area (Å²) in [7, 11) is 0. The number of rotatable bonds is 1. The maximum absolute atomic E-state index is 8.96. The van der Waals surface area contributed by atoms with Gasteiger partial charge in [-0.1, -0.05) is 0 Å². The lowest BCUT2D eigenvalue weighted by atomic mass is 9.94. The Morgan fingerprint density at radius 1 is 1.67 bits per heavy atom. The van der Waals surface area contributed by atoms with Crippen molar-refractivity contribution in [1.82, 2.24) is 0 Å². The Balaban J connectivity index is 2.39. The molecule has 1 rings (SSSR count). The first kappa shape index (κ1) is 6.62. The molecular formula is C7H12O2. The Morgan fingerprint density at radius 3 is 2.89 bits per heavy atom. The zero-order valence-corrected chi connectivity index (χ0v) is 5.38. The number of aliphatic hydroxyl groups is 2. The molecule has 1 aliphatic rings. The molecule has 0 heterocycles. The lowest BCUT2D eigenvalue weighted by Crippen LogP contribution is -2.10. The molecule has 0 bridgehead atoms. The zero-order chi connectivity index (χ0) is 6.69. The molecule has 2 nitrogen and oxygen atoms in total. The van der Waals surface area contributed by atoms with E-state index in [-0.39, 0.29) is 6.61 Å². The fourth-order valence-electron chi connectivity index (χ4n) is 1.12. The van der Waals surface area contributed by atoms with E-state index in [0.29, 0.717) is 18.1 Å². The van der Waals surface area contributed by atoms with Gasteiger partial charge in [-0.25, -0.2) is 0 Å². The molecule has 0 saturated carbocycles. The molecule has 2 heteroatoms. The van der Waals surface area contributed by atoms with Crippen molar-refractivity contribution in [3.8, 4) is 0 Å². The summed E-state index contributed by atoms with van der Waals surface area (Å²) in [4.78, 5) is 0. The van der Waals surface area contributed by atoms with E-state index < -0.39 is 0 Å². The summed E-state index contributed by atoms with van der Waals surface area (Å²) in [6.45, 7) is 0.206. The van der Waals surface area contributed by atoms with Crippen LogP contribution in [0.3, 0.4) is 0 Å². The summed E-state index contributed by atoms with van der Waals surface area (Å²) in [5.74, 6) is 0.746. The van der Waals surface area contributed by atoms with Crippen LogP contribution in [0.5, 0.6) is 0 Å². The Morgan fingerprint density at radius 2 is 2.44 bits per heavy atom. The van der Waals surface area contributed by atoms with Crippen LogP contribution in [-0.2, 0) is 0 Å². The van der Waals surface area contributed by atoms with Gasteiger partial charge < -0.3 is 10.2 Å². The first-order valence-corrected chi connectivity index (χ1v) is 3.32. The normalized spacial score (nSPS) is 27.7. The van der Waals surface area contributed by atoms with Crippen molar-refractivity contribution in [2.24, 2.45) is 5.92 Å². The fraction of sp³-hybridized carbons (Fsp3) is 0.714. The molecule has 0 aromatic heterocycles. The molecule has 0 aromatic carbocycles. The van der Waals surface area contributed by atoms with E-state index in [0.717, 1.165) is 12.8 Å². The van der Waals surface area contributed by atoms with Crippen molar-refractivity contribution in [2.75, 3.05) is 6.61 Å². The van der Waals surface area contributed by atoms with Crippen LogP contribution < -0.4 is 0 Å². The molecule has 9 heavy (non-hydrogen) atoms. The standard InChI is InChI=1S/C7H12O2/c8-5-6-2-1-3-7(9)4-6/h3,6,8-9H,1-2,4-5H2. The molecule has 0 fully saturated rings. The molecule has 0 spiro atoms. The Labute approximate surface area is 54.8 Å². The van der Waals surface area contributed by atoms with Crippen molar-refractivity contribution in [3.05, 3.63) is 11.8 Å². The van der Waals surface area contributed by atoms with Crippen LogP contribution in [-0.4, -0.2) is 16.8 Å². The van der Waals surface area contributed by atoms with Crippen LogP contribution in [0.25, 0.3) is 0 Å². The quantitative estimate of drug-likeness (QED) is 0.557. The first-order chi connectivity index (χ1) is 4.33. The van der Waals surface area contributed by atoms with Gasteiger partial charge in [0.1, 0.15) is 0 Å². The first-order valence-electron chi connectivity index (χ1n) is 3.32. The maximum Gasteiger partial charge on any atom is 0.0886 e. The highest BCUT2D eigenvalue weighted by Gasteiger charge is 2.12. The second kappa shape index (κ2) is 2.87. The van der Waals surface area contributed by atoms with Crippen molar-refractivity contribution in [3.63, 3.8) is 0 Å². The molecule has 2 N–H and O–H groups in total. The topological polar surface area (TPSA) is 40.5 Å². The minimum absolute atomic E-state index is 0.206.